The summed E-state index contributed by atoms with van der Waals surface area (Å²) in [7, 11) is 3.11. The summed E-state index contributed by atoms with van der Waals surface area (Å²) in [4.78, 5) is 14.1. The minimum Gasteiger partial charge on any atom is -0.493 e. The van der Waals surface area contributed by atoms with Crippen molar-refractivity contribution in [3.63, 3.8) is 0 Å². The van der Waals surface area contributed by atoms with Crippen LogP contribution in [0.25, 0.3) is 0 Å². The largest absolute Gasteiger partial charge is 0.493 e. The molecule has 1 amide bonds. The Balaban J connectivity index is 2.01. The van der Waals surface area contributed by atoms with Crippen molar-refractivity contribution in [1.82, 2.24) is 4.90 Å². The predicted molar refractivity (Wildman–Crippen MR) is 106 cm³/mol. The Morgan fingerprint density at radius 3 is 2.57 bits per heavy atom. The van der Waals surface area contributed by atoms with E-state index in [0.29, 0.717) is 22.3 Å². The number of alkyl halides is 2. The van der Waals surface area contributed by atoms with Crippen molar-refractivity contribution in [2.24, 2.45) is 0 Å². The first kappa shape index (κ1) is 22.2. The van der Waals surface area contributed by atoms with E-state index in [0.717, 1.165) is 11.1 Å². The van der Waals surface area contributed by atoms with Gasteiger partial charge in [-0.3, -0.25) is 9.69 Å². The summed E-state index contributed by atoms with van der Waals surface area (Å²) in [5.74, 6) is -0.152. The molecule has 0 atom stereocenters. The van der Waals surface area contributed by atoms with E-state index in [4.69, 9.17) is 27.9 Å². The maximum Gasteiger partial charge on any atom is 0.387 e. The van der Waals surface area contributed by atoms with Gasteiger partial charge in [0, 0.05) is 6.54 Å². The first-order chi connectivity index (χ1) is 13.2. The molecule has 0 saturated carbocycles. The quantitative estimate of drug-likeness (QED) is 0.638. The number of methoxy groups -OCH3 is 1. The minimum atomic E-state index is -2.94. The van der Waals surface area contributed by atoms with E-state index in [-0.39, 0.29) is 24.0 Å². The molecule has 28 heavy (non-hydrogen) atoms. The maximum atomic E-state index is 12.4. The van der Waals surface area contributed by atoms with Crippen molar-refractivity contribution in [3.05, 3.63) is 51.5 Å². The third kappa shape index (κ3) is 5.95. The Bertz CT molecular complexity index is 850. The zero-order valence-corrected chi connectivity index (χ0v) is 17.1. The SMILES string of the molecule is COc1cc(CN(C)CC(=O)Nc2c(Cl)ccc(C)c2Cl)ccc1OC(F)F. The molecule has 2 aromatic rings. The van der Waals surface area contributed by atoms with Crippen molar-refractivity contribution in [2.45, 2.75) is 20.1 Å². The highest BCUT2D eigenvalue weighted by molar-refractivity contribution is 6.40. The summed E-state index contributed by atoms with van der Waals surface area (Å²) < 4.78 is 34.3. The lowest BCUT2D eigenvalue weighted by Crippen LogP contribution is -2.30. The van der Waals surface area contributed by atoms with Gasteiger partial charge in [0.1, 0.15) is 0 Å². The first-order valence-electron chi connectivity index (χ1n) is 8.26. The van der Waals surface area contributed by atoms with Crippen LogP contribution in [-0.2, 0) is 11.3 Å². The Kier molecular flexibility index (Phi) is 7.86. The summed E-state index contributed by atoms with van der Waals surface area (Å²) >= 11 is 12.3. The topological polar surface area (TPSA) is 50.8 Å². The molecular formula is C19H20Cl2F2N2O3. The van der Waals surface area contributed by atoms with E-state index in [1.807, 2.05) is 6.92 Å². The van der Waals surface area contributed by atoms with Gasteiger partial charge in [0.15, 0.2) is 11.5 Å². The number of nitrogens with zero attached hydrogens (tertiary/aromatic N) is 1. The van der Waals surface area contributed by atoms with Crippen molar-refractivity contribution in [3.8, 4) is 11.5 Å². The Labute approximate surface area is 172 Å². The Hall–Kier alpha value is -2.09. The monoisotopic (exact) mass is 432 g/mol. The summed E-state index contributed by atoms with van der Waals surface area (Å²) in [5, 5.41) is 3.46. The highest BCUT2D eigenvalue weighted by Gasteiger charge is 2.15. The standard InChI is InChI=1S/C19H20Cl2F2N2O3/c1-11-4-6-13(20)18(17(11)21)24-16(26)10-25(2)9-12-5-7-14(28-19(22)23)15(8-12)27-3/h4-8,19H,9-10H2,1-3H3,(H,24,26). The summed E-state index contributed by atoms with van der Waals surface area (Å²) in [6.07, 6.45) is 0. The highest BCUT2D eigenvalue weighted by atomic mass is 35.5. The van der Waals surface area contributed by atoms with Gasteiger partial charge in [-0.2, -0.15) is 8.78 Å². The number of hydrogen-bond donors (Lipinski definition) is 1. The van der Waals surface area contributed by atoms with Gasteiger partial charge in [0.25, 0.3) is 0 Å². The van der Waals surface area contributed by atoms with E-state index < -0.39 is 6.61 Å². The maximum absolute atomic E-state index is 12.4. The zero-order valence-electron chi connectivity index (χ0n) is 15.6. The molecule has 0 spiro atoms. The van der Waals surface area contributed by atoms with Crippen molar-refractivity contribution in [1.29, 1.82) is 0 Å². The number of rotatable bonds is 8. The average Bonchev–Trinajstić information content (AvgIpc) is 2.62. The zero-order chi connectivity index (χ0) is 20.8. The second-order valence-corrected chi connectivity index (χ2v) is 6.92. The van der Waals surface area contributed by atoms with Crippen LogP contribution in [0.15, 0.2) is 30.3 Å². The molecular weight excluding hydrogens is 413 g/mol. The fraction of sp³-hybridized carbons (Fsp3) is 0.316. The number of hydrogen-bond acceptors (Lipinski definition) is 4. The number of amides is 1. The predicted octanol–water partition coefficient (Wildman–Crippen LogP) is 4.98. The fourth-order valence-corrected chi connectivity index (χ4v) is 3.03. The second kappa shape index (κ2) is 9.91. The van der Waals surface area contributed by atoms with Crippen LogP contribution in [0.1, 0.15) is 11.1 Å². The smallest absolute Gasteiger partial charge is 0.387 e. The molecule has 1 N–H and O–H groups in total. The van der Waals surface area contributed by atoms with Crippen molar-refractivity contribution < 1.29 is 23.0 Å². The molecule has 5 nitrogen and oxygen atoms in total. The van der Waals surface area contributed by atoms with Gasteiger partial charge in [-0.05, 0) is 43.3 Å². The fourth-order valence-electron chi connectivity index (χ4n) is 2.57. The average molecular weight is 433 g/mol. The third-order valence-corrected chi connectivity index (χ3v) is 4.66. The van der Waals surface area contributed by atoms with Crippen molar-refractivity contribution in [2.75, 3.05) is 26.0 Å². The van der Waals surface area contributed by atoms with Crippen LogP contribution in [0.5, 0.6) is 11.5 Å². The first-order valence-corrected chi connectivity index (χ1v) is 9.01. The number of carbonyl (C=O) groups excluding carboxylic acids is 1. The van der Waals surface area contributed by atoms with Crippen LogP contribution in [0.3, 0.4) is 0 Å². The van der Waals surface area contributed by atoms with Gasteiger partial charge in [-0.1, -0.05) is 35.3 Å². The minimum absolute atomic E-state index is 0.0506. The van der Waals surface area contributed by atoms with E-state index in [9.17, 15) is 13.6 Å². The third-order valence-electron chi connectivity index (χ3n) is 3.86. The van der Waals surface area contributed by atoms with Gasteiger partial charge >= 0.3 is 6.61 Å². The van der Waals surface area contributed by atoms with Crippen molar-refractivity contribution >= 4 is 34.8 Å². The molecule has 2 aromatic carbocycles. The molecule has 0 heterocycles. The summed E-state index contributed by atoms with van der Waals surface area (Å²) in [5.41, 5.74) is 1.94. The molecule has 0 unspecified atom stereocenters. The summed E-state index contributed by atoms with van der Waals surface area (Å²) in [6.45, 7) is -0.673. The molecule has 0 radical (unpaired) electrons. The van der Waals surface area contributed by atoms with Crippen LogP contribution in [0, 0.1) is 6.92 Å². The number of ether oxygens (including phenoxy) is 2. The van der Waals surface area contributed by atoms with Crippen LogP contribution in [0.2, 0.25) is 10.0 Å². The molecule has 0 saturated heterocycles. The normalized spacial score (nSPS) is 11.0. The molecule has 0 bridgehead atoms. The number of aryl methyl sites for hydroxylation is 1. The number of benzene rings is 2. The molecule has 2 rings (SSSR count). The highest BCUT2D eigenvalue weighted by Crippen LogP contribution is 2.33. The molecule has 0 aromatic heterocycles. The molecule has 0 fully saturated rings. The number of halogens is 4. The molecule has 0 aliphatic heterocycles. The number of carbonyl (C=O) groups is 1. The molecule has 0 aliphatic rings. The van der Waals surface area contributed by atoms with Crippen LogP contribution in [0.4, 0.5) is 14.5 Å². The Morgan fingerprint density at radius 2 is 1.93 bits per heavy atom. The summed E-state index contributed by atoms with van der Waals surface area (Å²) in [6, 6.07) is 8.04. The van der Waals surface area contributed by atoms with Gasteiger partial charge < -0.3 is 14.8 Å². The molecule has 0 aliphatic carbocycles. The van der Waals surface area contributed by atoms with Crippen LogP contribution < -0.4 is 14.8 Å². The van der Waals surface area contributed by atoms with Gasteiger partial charge in [0.05, 0.1) is 29.4 Å². The van der Waals surface area contributed by atoms with E-state index in [1.165, 1.54) is 13.2 Å². The Morgan fingerprint density at radius 1 is 1.21 bits per heavy atom. The number of likely N-dealkylation sites (N-methyl/N-ethyl adjacent to an activating group) is 1. The van der Waals surface area contributed by atoms with E-state index in [2.05, 4.69) is 10.1 Å². The molecule has 152 valence electrons. The van der Waals surface area contributed by atoms with Gasteiger partial charge in [-0.15, -0.1) is 0 Å². The van der Waals surface area contributed by atoms with E-state index in [1.54, 1.807) is 36.2 Å². The van der Waals surface area contributed by atoms with E-state index >= 15 is 0 Å². The van der Waals surface area contributed by atoms with Crippen LogP contribution in [-0.4, -0.2) is 38.1 Å². The molecule has 9 heteroatoms. The lowest BCUT2D eigenvalue weighted by molar-refractivity contribution is -0.117. The lowest BCUT2D eigenvalue weighted by atomic mass is 10.2. The number of anilines is 1. The van der Waals surface area contributed by atoms with Crippen LogP contribution >= 0.6 is 23.2 Å². The number of nitrogens with one attached hydrogen (secondary N) is 1. The lowest BCUT2D eigenvalue weighted by Gasteiger charge is -2.18. The van der Waals surface area contributed by atoms with Gasteiger partial charge in [0.2, 0.25) is 5.91 Å². The van der Waals surface area contributed by atoms with Gasteiger partial charge in [-0.25, -0.2) is 0 Å². The second-order valence-electron chi connectivity index (χ2n) is 6.14.